The summed E-state index contributed by atoms with van der Waals surface area (Å²) in [6, 6.07) is 12.5. The average Bonchev–Trinajstić information content (AvgIpc) is 3.21. The van der Waals surface area contributed by atoms with Crippen LogP contribution in [0, 0.1) is 5.82 Å². The number of hydrogen-bond acceptors (Lipinski definition) is 5. The highest BCUT2D eigenvalue weighted by molar-refractivity contribution is 5.77. The zero-order valence-electron chi connectivity index (χ0n) is 17.2. The van der Waals surface area contributed by atoms with Crippen LogP contribution < -0.4 is 14.8 Å². The Morgan fingerprint density at radius 1 is 1.10 bits per heavy atom. The predicted molar refractivity (Wildman–Crippen MR) is 116 cm³/mol. The lowest BCUT2D eigenvalue weighted by Gasteiger charge is -2.22. The molecule has 0 amide bonds. The largest absolute Gasteiger partial charge is 0.494 e. The summed E-state index contributed by atoms with van der Waals surface area (Å²) >= 11 is 0. The van der Waals surface area contributed by atoms with Gasteiger partial charge in [0.1, 0.15) is 11.6 Å². The minimum atomic E-state index is -0.523. The molecule has 1 saturated heterocycles. The Morgan fingerprint density at radius 3 is 2.71 bits per heavy atom. The zero-order valence-corrected chi connectivity index (χ0v) is 17.2. The van der Waals surface area contributed by atoms with E-state index < -0.39 is 5.82 Å². The minimum absolute atomic E-state index is 0.120. The van der Waals surface area contributed by atoms with E-state index in [4.69, 9.17) is 14.5 Å². The molecule has 0 saturated carbocycles. The van der Waals surface area contributed by atoms with E-state index in [2.05, 4.69) is 14.7 Å². The second-order valence-electron chi connectivity index (χ2n) is 7.55. The lowest BCUT2D eigenvalue weighted by Crippen LogP contribution is -2.28. The van der Waals surface area contributed by atoms with Crippen molar-refractivity contribution in [3.63, 3.8) is 0 Å². The summed E-state index contributed by atoms with van der Waals surface area (Å²) in [6.45, 7) is 1.01. The van der Waals surface area contributed by atoms with E-state index in [0.29, 0.717) is 5.75 Å². The van der Waals surface area contributed by atoms with Gasteiger partial charge in [0.05, 0.1) is 30.6 Å². The summed E-state index contributed by atoms with van der Waals surface area (Å²) in [5.74, 6) is 1.28. The van der Waals surface area contributed by atoms with Crippen LogP contribution in [-0.2, 0) is 0 Å². The number of rotatable bonds is 5. The van der Waals surface area contributed by atoms with Gasteiger partial charge in [0.15, 0.2) is 11.5 Å². The van der Waals surface area contributed by atoms with Crippen molar-refractivity contribution < 1.29 is 13.9 Å². The fraction of sp³-hybridized carbons (Fsp3) is 0.250. The third kappa shape index (κ3) is 3.72. The van der Waals surface area contributed by atoms with Gasteiger partial charge in [-0.1, -0.05) is 12.5 Å². The van der Waals surface area contributed by atoms with Crippen molar-refractivity contribution in [2.45, 2.75) is 25.3 Å². The van der Waals surface area contributed by atoms with Gasteiger partial charge in [0, 0.05) is 18.0 Å². The molecule has 7 heteroatoms. The Balaban J connectivity index is 1.46. The number of aromatic nitrogens is 3. The number of ether oxygens (including phenoxy) is 2. The Hall–Kier alpha value is -3.45. The van der Waals surface area contributed by atoms with E-state index in [1.54, 1.807) is 24.4 Å². The Morgan fingerprint density at radius 2 is 1.94 bits per heavy atom. The highest BCUT2D eigenvalue weighted by Crippen LogP contribution is 2.33. The molecule has 1 aliphatic heterocycles. The van der Waals surface area contributed by atoms with Gasteiger partial charge in [0.2, 0.25) is 5.82 Å². The van der Waals surface area contributed by atoms with Crippen LogP contribution in [-0.4, -0.2) is 28.0 Å². The molecule has 5 rings (SSSR count). The smallest absolute Gasteiger partial charge is 0.207 e. The van der Waals surface area contributed by atoms with Gasteiger partial charge in [0.25, 0.3) is 0 Å². The second-order valence-corrected chi connectivity index (χ2v) is 7.55. The molecule has 31 heavy (non-hydrogen) atoms. The molecular formula is C24H23FN4O2. The topological polar surface area (TPSA) is 60.7 Å². The summed E-state index contributed by atoms with van der Waals surface area (Å²) in [7, 11) is 1.43. The lowest BCUT2D eigenvalue weighted by atomic mass is 10.0. The molecule has 1 fully saturated rings. The number of hydrogen-bond donors (Lipinski definition) is 1. The fourth-order valence-corrected chi connectivity index (χ4v) is 4.03. The summed E-state index contributed by atoms with van der Waals surface area (Å²) in [4.78, 5) is 9.27. The first-order valence-corrected chi connectivity index (χ1v) is 10.4. The summed E-state index contributed by atoms with van der Waals surface area (Å²) in [6.07, 6.45) is 9.04. The van der Waals surface area contributed by atoms with Crippen LogP contribution >= 0.6 is 0 Å². The standard InChI is InChI=1S/C24H23FN4O2/c1-30-20-6-4-7-21(22(20)25)31-17-10-8-16(9-11-17)23-19-15-26-13-14-29(19)24(28-23)18-5-2-3-12-27-18/h4,6-11,13-15,18,27H,2-3,5,12H2,1H3/t18-/m0/s1. The number of halogens is 1. The van der Waals surface area contributed by atoms with E-state index in [-0.39, 0.29) is 17.5 Å². The molecule has 3 heterocycles. The van der Waals surface area contributed by atoms with Crippen molar-refractivity contribution in [2.24, 2.45) is 0 Å². The Bertz CT molecular complexity index is 1200. The monoisotopic (exact) mass is 418 g/mol. The van der Waals surface area contributed by atoms with Gasteiger partial charge < -0.3 is 14.8 Å². The van der Waals surface area contributed by atoms with Crippen molar-refractivity contribution in [2.75, 3.05) is 13.7 Å². The molecular weight excluding hydrogens is 395 g/mol. The number of methoxy groups -OCH3 is 1. The van der Waals surface area contributed by atoms with Crippen molar-refractivity contribution in [3.05, 3.63) is 72.7 Å². The van der Waals surface area contributed by atoms with Crippen LogP contribution in [0.4, 0.5) is 4.39 Å². The first-order chi connectivity index (χ1) is 15.2. The van der Waals surface area contributed by atoms with Gasteiger partial charge in [-0.25, -0.2) is 4.98 Å². The maximum absolute atomic E-state index is 14.4. The van der Waals surface area contributed by atoms with Crippen molar-refractivity contribution >= 4 is 5.52 Å². The van der Waals surface area contributed by atoms with Crippen LogP contribution in [0.1, 0.15) is 31.1 Å². The molecule has 0 unspecified atom stereocenters. The molecule has 2 aromatic heterocycles. The van der Waals surface area contributed by atoms with E-state index in [1.165, 1.54) is 20.0 Å². The first-order valence-electron chi connectivity index (χ1n) is 10.4. The maximum atomic E-state index is 14.4. The number of piperidine rings is 1. The third-order valence-corrected chi connectivity index (χ3v) is 5.60. The summed E-state index contributed by atoms with van der Waals surface area (Å²) in [5.41, 5.74) is 2.78. The third-order valence-electron chi connectivity index (χ3n) is 5.60. The molecule has 6 nitrogen and oxygen atoms in total. The molecule has 1 aliphatic rings. The molecule has 0 spiro atoms. The summed E-state index contributed by atoms with van der Waals surface area (Å²) < 4.78 is 27.2. The molecule has 0 bridgehead atoms. The normalized spacial score (nSPS) is 16.4. The Kier molecular flexibility index (Phi) is 5.26. The minimum Gasteiger partial charge on any atom is -0.494 e. The van der Waals surface area contributed by atoms with Crippen LogP contribution in [0.3, 0.4) is 0 Å². The first kappa shape index (κ1) is 19.5. The maximum Gasteiger partial charge on any atom is 0.207 e. The van der Waals surface area contributed by atoms with Crippen LogP contribution in [0.2, 0.25) is 0 Å². The second kappa shape index (κ2) is 8.35. The SMILES string of the molecule is COc1cccc(Oc2ccc(-c3nc([C@@H]4CCCCN4)n4ccncc34)cc2)c1F. The van der Waals surface area contributed by atoms with E-state index >= 15 is 0 Å². The van der Waals surface area contributed by atoms with Gasteiger partial charge >= 0.3 is 0 Å². The number of nitrogens with one attached hydrogen (secondary N) is 1. The van der Waals surface area contributed by atoms with E-state index in [9.17, 15) is 4.39 Å². The van der Waals surface area contributed by atoms with Crippen LogP contribution in [0.25, 0.3) is 16.8 Å². The number of benzene rings is 2. The molecule has 158 valence electrons. The predicted octanol–water partition coefficient (Wildman–Crippen LogP) is 5.15. The molecule has 4 aromatic rings. The highest BCUT2D eigenvalue weighted by atomic mass is 19.1. The van der Waals surface area contributed by atoms with Crippen molar-refractivity contribution in [1.29, 1.82) is 0 Å². The quantitative estimate of drug-likeness (QED) is 0.486. The molecule has 0 aliphatic carbocycles. The van der Waals surface area contributed by atoms with Crippen LogP contribution in [0.15, 0.2) is 61.1 Å². The molecule has 1 atom stereocenters. The summed E-state index contributed by atoms with van der Waals surface area (Å²) in [5, 5.41) is 3.57. The number of imidazole rings is 1. The lowest BCUT2D eigenvalue weighted by molar-refractivity contribution is 0.368. The Labute approximate surface area is 179 Å². The van der Waals surface area contributed by atoms with E-state index in [0.717, 1.165) is 35.6 Å². The van der Waals surface area contributed by atoms with Crippen LogP contribution in [0.5, 0.6) is 17.2 Å². The van der Waals surface area contributed by atoms with Gasteiger partial charge in [-0.15, -0.1) is 0 Å². The highest BCUT2D eigenvalue weighted by Gasteiger charge is 2.22. The zero-order chi connectivity index (χ0) is 21.2. The molecule has 2 aromatic carbocycles. The van der Waals surface area contributed by atoms with Crippen molar-refractivity contribution in [1.82, 2.24) is 19.7 Å². The van der Waals surface area contributed by atoms with E-state index in [1.807, 2.05) is 36.7 Å². The molecule has 0 radical (unpaired) electrons. The fourth-order valence-electron chi connectivity index (χ4n) is 4.03. The molecule has 1 N–H and O–H groups in total. The van der Waals surface area contributed by atoms with Gasteiger partial charge in [-0.3, -0.25) is 9.38 Å². The number of nitrogens with zero attached hydrogens (tertiary/aromatic N) is 3. The number of fused-ring (bicyclic) bond motifs is 1. The average molecular weight is 418 g/mol. The van der Waals surface area contributed by atoms with Crippen molar-refractivity contribution in [3.8, 4) is 28.5 Å². The van der Waals surface area contributed by atoms with Gasteiger partial charge in [-0.2, -0.15) is 4.39 Å². The van der Waals surface area contributed by atoms with Gasteiger partial charge in [-0.05, 0) is 55.8 Å².